The number of fused-ring (bicyclic) bond motifs is 1. The fourth-order valence-corrected chi connectivity index (χ4v) is 4.46. The van der Waals surface area contributed by atoms with E-state index in [0.717, 1.165) is 0 Å². The minimum Gasteiger partial charge on any atom is -0.497 e. The molecule has 0 saturated carbocycles. The normalized spacial score (nSPS) is 19.6. The van der Waals surface area contributed by atoms with Crippen molar-refractivity contribution in [1.29, 1.82) is 5.41 Å². The van der Waals surface area contributed by atoms with E-state index in [1.807, 2.05) is 6.07 Å². The second kappa shape index (κ2) is 4.45. The van der Waals surface area contributed by atoms with Crippen LogP contribution in [0.25, 0.3) is 0 Å². The topological polar surface area (TPSA) is 67.2 Å². The van der Waals surface area contributed by atoms with Crippen molar-refractivity contribution < 1.29 is 13.2 Å². The second-order valence-corrected chi connectivity index (χ2v) is 6.61. The van der Waals surface area contributed by atoms with E-state index in [9.17, 15) is 8.42 Å². The highest BCUT2D eigenvalue weighted by Gasteiger charge is 2.42. The summed E-state index contributed by atoms with van der Waals surface area (Å²) in [5.74, 6) is 0.480. The summed E-state index contributed by atoms with van der Waals surface area (Å²) in [6.45, 7) is 0. The zero-order valence-electron chi connectivity index (χ0n) is 10.8. The molecule has 1 aliphatic rings. The molecule has 0 amide bonds. The first-order chi connectivity index (χ1) is 9.55. The third-order valence-electron chi connectivity index (χ3n) is 3.46. The van der Waals surface area contributed by atoms with E-state index in [1.165, 1.54) is 13.2 Å². The standard InChI is InChI=1S/C15H13NO3S/c1-19-11-7-8-12-13(9-11)20(17,18)15(14(12)16)10-5-3-2-4-6-10/h2-9,15-16H,1H3/t15-/m1/s1. The summed E-state index contributed by atoms with van der Waals surface area (Å²) in [6, 6.07) is 13.7. The molecule has 0 saturated heterocycles. The molecule has 0 aromatic heterocycles. The summed E-state index contributed by atoms with van der Waals surface area (Å²) in [5, 5.41) is 7.26. The number of ether oxygens (including phenoxy) is 1. The lowest BCUT2D eigenvalue weighted by Crippen LogP contribution is -2.13. The summed E-state index contributed by atoms with van der Waals surface area (Å²) in [4.78, 5) is 0.177. The van der Waals surface area contributed by atoms with E-state index in [4.69, 9.17) is 10.1 Å². The molecule has 0 spiro atoms. The highest BCUT2D eigenvalue weighted by atomic mass is 32.2. The van der Waals surface area contributed by atoms with Crippen LogP contribution in [0.4, 0.5) is 0 Å². The van der Waals surface area contributed by atoms with Gasteiger partial charge in [0.05, 0.1) is 17.7 Å². The Bertz CT molecular complexity index is 782. The van der Waals surface area contributed by atoms with Gasteiger partial charge in [0.1, 0.15) is 11.0 Å². The van der Waals surface area contributed by atoms with E-state index in [0.29, 0.717) is 16.9 Å². The lowest BCUT2D eigenvalue weighted by atomic mass is 10.0. The molecule has 2 aromatic carbocycles. The maximum absolute atomic E-state index is 12.7. The van der Waals surface area contributed by atoms with Crippen LogP contribution in [0.5, 0.6) is 5.75 Å². The number of nitrogens with one attached hydrogen (secondary N) is 1. The largest absolute Gasteiger partial charge is 0.497 e. The lowest BCUT2D eigenvalue weighted by molar-refractivity contribution is 0.413. The number of benzene rings is 2. The van der Waals surface area contributed by atoms with E-state index in [1.54, 1.807) is 36.4 Å². The molecule has 0 fully saturated rings. The molecular formula is C15H13NO3S. The summed E-state index contributed by atoms with van der Waals surface area (Å²) in [7, 11) is -2.10. The van der Waals surface area contributed by atoms with Crippen LogP contribution in [0.3, 0.4) is 0 Å². The Balaban J connectivity index is 2.21. The van der Waals surface area contributed by atoms with E-state index in [2.05, 4.69) is 0 Å². The molecule has 1 aliphatic heterocycles. The van der Waals surface area contributed by atoms with Crippen molar-refractivity contribution in [3.8, 4) is 5.75 Å². The lowest BCUT2D eigenvalue weighted by Gasteiger charge is -2.09. The summed E-state index contributed by atoms with van der Waals surface area (Å²) in [6.07, 6.45) is 0. The average Bonchev–Trinajstić information content (AvgIpc) is 2.66. The van der Waals surface area contributed by atoms with Crippen LogP contribution in [0, 0.1) is 5.41 Å². The summed E-state index contributed by atoms with van der Waals surface area (Å²) in [5.41, 5.74) is 1.20. The third-order valence-corrected chi connectivity index (χ3v) is 5.54. The van der Waals surface area contributed by atoms with E-state index < -0.39 is 15.1 Å². The molecule has 3 rings (SSSR count). The first-order valence-electron chi connectivity index (χ1n) is 6.11. The maximum atomic E-state index is 12.7. The molecule has 0 aliphatic carbocycles. The van der Waals surface area contributed by atoms with Gasteiger partial charge in [-0.05, 0) is 23.8 Å². The quantitative estimate of drug-likeness (QED) is 0.923. The molecule has 0 bridgehead atoms. The fourth-order valence-electron chi connectivity index (χ4n) is 2.48. The van der Waals surface area contributed by atoms with Gasteiger partial charge in [-0.2, -0.15) is 0 Å². The molecule has 1 N–H and O–H groups in total. The maximum Gasteiger partial charge on any atom is 0.191 e. The van der Waals surface area contributed by atoms with Gasteiger partial charge in [-0.25, -0.2) is 8.42 Å². The molecule has 0 unspecified atom stereocenters. The zero-order valence-corrected chi connectivity index (χ0v) is 11.6. The zero-order chi connectivity index (χ0) is 14.3. The van der Waals surface area contributed by atoms with Gasteiger partial charge in [-0.15, -0.1) is 0 Å². The van der Waals surface area contributed by atoms with Crippen LogP contribution in [-0.4, -0.2) is 21.2 Å². The highest BCUT2D eigenvalue weighted by molar-refractivity contribution is 7.93. The molecule has 5 heteroatoms. The first-order valence-corrected chi connectivity index (χ1v) is 7.66. The third kappa shape index (κ3) is 1.74. The molecule has 1 heterocycles. The van der Waals surface area contributed by atoms with E-state index in [-0.39, 0.29) is 10.6 Å². The van der Waals surface area contributed by atoms with Crippen molar-refractivity contribution in [3.63, 3.8) is 0 Å². The Morgan fingerprint density at radius 1 is 1.10 bits per heavy atom. The Kier molecular flexibility index (Phi) is 2.87. The van der Waals surface area contributed by atoms with Gasteiger partial charge in [0.15, 0.2) is 9.84 Å². The van der Waals surface area contributed by atoms with Crippen molar-refractivity contribution in [2.45, 2.75) is 10.1 Å². The van der Waals surface area contributed by atoms with Gasteiger partial charge in [0.2, 0.25) is 0 Å². The van der Waals surface area contributed by atoms with Gasteiger partial charge in [0, 0.05) is 5.56 Å². The molecule has 1 atom stereocenters. The van der Waals surface area contributed by atoms with Crippen LogP contribution < -0.4 is 4.74 Å². The minimum absolute atomic E-state index is 0.119. The molecule has 0 radical (unpaired) electrons. The number of rotatable bonds is 2. The van der Waals surface area contributed by atoms with Crippen molar-refractivity contribution in [3.05, 3.63) is 59.7 Å². The fraction of sp³-hybridized carbons (Fsp3) is 0.133. The van der Waals surface area contributed by atoms with Gasteiger partial charge in [-0.3, -0.25) is 0 Å². The SMILES string of the molecule is COc1ccc2c(c1)S(=O)(=O)[C@H](c1ccccc1)C2=N. The molecule has 2 aromatic rings. The minimum atomic E-state index is -3.59. The number of hydrogen-bond donors (Lipinski definition) is 1. The van der Waals surface area contributed by atoms with Gasteiger partial charge in [0.25, 0.3) is 0 Å². The monoisotopic (exact) mass is 287 g/mol. The molecular weight excluding hydrogens is 274 g/mol. The second-order valence-electron chi connectivity index (χ2n) is 4.61. The first kappa shape index (κ1) is 12.9. The Hall–Kier alpha value is -2.14. The summed E-state index contributed by atoms with van der Waals surface area (Å²) < 4.78 is 30.4. The van der Waals surface area contributed by atoms with Crippen LogP contribution in [-0.2, 0) is 9.84 Å². The van der Waals surface area contributed by atoms with Crippen LogP contribution in [0.1, 0.15) is 16.4 Å². The Labute approximate surface area is 117 Å². The summed E-state index contributed by atoms with van der Waals surface area (Å²) >= 11 is 0. The van der Waals surface area contributed by atoms with Crippen LogP contribution in [0.2, 0.25) is 0 Å². The van der Waals surface area contributed by atoms with Gasteiger partial charge >= 0.3 is 0 Å². The van der Waals surface area contributed by atoms with Crippen molar-refractivity contribution >= 4 is 15.5 Å². The van der Waals surface area contributed by atoms with Gasteiger partial charge < -0.3 is 10.1 Å². The van der Waals surface area contributed by atoms with Crippen LogP contribution >= 0.6 is 0 Å². The van der Waals surface area contributed by atoms with Crippen molar-refractivity contribution in [1.82, 2.24) is 0 Å². The van der Waals surface area contributed by atoms with Crippen LogP contribution in [0.15, 0.2) is 53.4 Å². The van der Waals surface area contributed by atoms with Crippen molar-refractivity contribution in [2.75, 3.05) is 7.11 Å². The number of methoxy groups -OCH3 is 1. The highest BCUT2D eigenvalue weighted by Crippen LogP contribution is 2.41. The predicted octanol–water partition coefficient (Wildman–Crippen LogP) is 2.59. The molecule has 4 nitrogen and oxygen atoms in total. The molecule has 102 valence electrons. The van der Waals surface area contributed by atoms with E-state index >= 15 is 0 Å². The smallest absolute Gasteiger partial charge is 0.191 e. The number of sulfone groups is 1. The Morgan fingerprint density at radius 3 is 2.45 bits per heavy atom. The number of hydrogen-bond acceptors (Lipinski definition) is 4. The average molecular weight is 287 g/mol. The Morgan fingerprint density at radius 2 is 1.80 bits per heavy atom. The van der Waals surface area contributed by atoms with Crippen molar-refractivity contribution in [2.24, 2.45) is 0 Å². The molecule has 20 heavy (non-hydrogen) atoms. The predicted molar refractivity (Wildman–Crippen MR) is 76.2 cm³/mol. The van der Waals surface area contributed by atoms with Gasteiger partial charge in [-0.1, -0.05) is 30.3 Å².